The molecule has 0 unspecified atom stereocenters. The monoisotopic (exact) mass is 330 g/mol. The molecule has 0 atom stereocenters. The number of aryl methyl sites for hydroxylation is 1. The fourth-order valence-electron chi connectivity index (χ4n) is 2.70. The van der Waals surface area contributed by atoms with Gasteiger partial charge in [-0.25, -0.2) is 0 Å². The number of aromatic nitrogens is 2. The molecule has 0 bridgehead atoms. The highest BCUT2D eigenvalue weighted by Crippen LogP contribution is 2.23. The summed E-state index contributed by atoms with van der Waals surface area (Å²) < 4.78 is 10.5. The van der Waals surface area contributed by atoms with Crippen molar-refractivity contribution in [3.05, 3.63) is 40.7 Å². The van der Waals surface area contributed by atoms with E-state index in [4.69, 9.17) is 9.47 Å². The first-order chi connectivity index (χ1) is 11.7. The summed E-state index contributed by atoms with van der Waals surface area (Å²) in [7, 11) is 1.64. The lowest BCUT2D eigenvalue weighted by Crippen LogP contribution is -2.25. The zero-order valence-electron chi connectivity index (χ0n) is 13.9. The van der Waals surface area contributed by atoms with Crippen LogP contribution in [-0.2, 0) is 17.7 Å². The largest absolute Gasteiger partial charge is 0.491 e. The molecule has 7 heteroatoms. The fourth-order valence-corrected chi connectivity index (χ4v) is 2.70. The van der Waals surface area contributed by atoms with Gasteiger partial charge >= 0.3 is 0 Å². The zero-order valence-corrected chi connectivity index (χ0v) is 13.9. The molecule has 128 valence electrons. The molecular weight excluding hydrogens is 308 g/mol. The van der Waals surface area contributed by atoms with Crippen LogP contribution in [0.3, 0.4) is 0 Å². The maximum atomic E-state index is 12.5. The number of fused-ring (bicyclic) bond motifs is 1. The van der Waals surface area contributed by atoms with Crippen molar-refractivity contribution in [3.8, 4) is 5.75 Å². The molecule has 0 spiro atoms. The third kappa shape index (κ3) is 3.58. The van der Waals surface area contributed by atoms with Gasteiger partial charge in [0.25, 0.3) is 5.91 Å². The molecule has 24 heavy (non-hydrogen) atoms. The summed E-state index contributed by atoms with van der Waals surface area (Å²) in [5.74, 6) is 0.552. The lowest BCUT2D eigenvalue weighted by Gasteiger charge is -2.14. The second-order valence-electron chi connectivity index (χ2n) is 5.73. The molecule has 1 aliphatic rings. The van der Waals surface area contributed by atoms with Gasteiger partial charge in [0.15, 0.2) is 5.69 Å². The lowest BCUT2D eigenvalue weighted by molar-refractivity contribution is 0.102. The Balaban J connectivity index is 1.69. The maximum absolute atomic E-state index is 12.5. The van der Waals surface area contributed by atoms with E-state index in [1.54, 1.807) is 7.11 Å². The molecule has 0 radical (unpaired) electrons. The topological polar surface area (TPSA) is 88.3 Å². The van der Waals surface area contributed by atoms with E-state index in [-0.39, 0.29) is 5.91 Å². The maximum Gasteiger partial charge on any atom is 0.276 e. The molecule has 2 heterocycles. The molecule has 3 N–H and O–H groups in total. The molecule has 1 aromatic carbocycles. The molecule has 1 aromatic heterocycles. The summed E-state index contributed by atoms with van der Waals surface area (Å²) in [6.45, 7) is 4.53. The third-order valence-corrected chi connectivity index (χ3v) is 4.02. The van der Waals surface area contributed by atoms with E-state index in [1.807, 2.05) is 25.1 Å². The van der Waals surface area contributed by atoms with Crippen molar-refractivity contribution in [2.45, 2.75) is 19.9 Å². The van der Waals surface area contributed by atoms with Crippen LogP contribution in [0.1, 0.15) is 27.3 Å². The summed E-state index contributed by atoms with van der Waals surface area (Å²) in [6.07, 6.45) is 0.863. The number of nitrogens with zero attached hydrogens (tertiary/aromatic N) is 1. The number of anilines is 1. The van der Waals surface area contributed by atoms with E-state index in [9.17, 15) is 4.79 Å². The second-order valence-corrected chi connectivity index (χ2v) is 5.73. The SMILES string of the molecule is COCCOc1ccc(NC(=O)c2n[nH]c3c2CNCC3)c(C)c1. The summed E-state index contributed by atoms with van der Waals surface area (Å²) in [4.78, 5) is 12.5. The van der Waals surface area contributed by atoms with Crippen LogP contribution in [0.2, 0.25) is 0 Å². The van der Waals surface area contributed by atoms with Crippen LogP contribution in [0.5, 0.6) is 5.75 Å². The average Bonchev–Trinajstić information content (AvgIpc) is 3.01. The Morgan fingerprint density at radius 3 is 3.04 bits per heavy atom. The molecule has 7 nitrogen and oxygen atoms in total. The van der Waals surface area contributed by atoms with E-state index < -0.39 is 0 Å². The number of amides is 1. The van der Waals surface area contributed by atoms with Gasteiger partial charge in [-0.3, -0.25) is 9.89 Å². The number of carbonyl (C=O) groups is 1. The lowest BCUT2D eigenvalue weighted by atomic mass is 10.1. The number of rotatable bonds is 6. The van der Waals surface area contributed by atoms with E-state index in [2.05, 4.69) is 20.8 Å². The molecule has 3 rings (SSSR count). The summed E-state index contributed by atoms with van der Waals surface area (Å²) >= 11 is 0. The standard InChI is InChI=1S/C17H22N4O3/c1-11-9-12(24-8-7-23-2)3-4-14(11)19-17(22)16-13-10-18-6-5-15(13)20-21-16/h3-4,9,18H,5-8,10H2,1-2H3,(H,19,22)(H,20,21). The molecule has 0 saturated heterocycles. The minimum Gasteiger partial charge on any atom is -0.491 e. The Morgan fingerprint density at radius 2 is 2.25 bits per heavy atom. The van der Waals surface area contributed by atoms with Crippen molar-refractivity contribution in [1.29, 1.82) is 0 Å². The highest BCUT2D eigenvalue weighted by molar-refractivity contribution is 6.04. The summed E-state index contributed by atoms with van der Waals surface area (Å²) in [5, 5.41) is 13.3. The van der Waals surface area contributed by atoms with Crippen LogP contribution >= 0.6 is 0 Å². The second kappa shape index (κ2) is 7.46. The summed E-state index contributed by atoms with van der Waals surface area (Å²) in [6, 6.07) is 5.57. The Labute approximate surface area is 140 Å². The first kappa shape index (κ1) is 16.5. The fraction of sp³-hybridized carbons (Fsp3) is 0.412. The van der Waals surface area contributed by atoms with Gasteiger partial charge in [-0.15, -0.1) is 0 Å². The van der Waals surface area contributed by atoms with E-state index in [0.29, 0.717) is 25.5 Å². The van der Waals surface area contributed by atoms with Crippen LogP contribution in [0.4, 0.5) is 5.69 Å². The number of benzene rings is 1. The first-order valence-corrected chi connectivity index (χ1v) is 7.99. The van der Waals surface area contributed by atoms with Gasteiger partial charge in [0.05, 0.1) is 6.61 Å². The van der Waals surface area contributed by atoms with Crippen molar-refractivity contribution in [2.75, 3.05) is 32.2 Å². The van der Waals surface area contributed by atoms with Gasteiger partial charge in [-0.05, 0) is 30.7 Å². The predicted molar refractivity (Wildman–Crippen MR) is 90.5 cm³/mol. The van der Waals surface area contributed by atoms with Crippen molar-refractivity contribution in [3.63, 3.8) is 0 Å². The Bertz CT molecular complexity index is 727. The smallest absolute Gasteiger partial charge is 0.276 e. The number of aromatic amines is 1. The Morgan fingerprint density at radius 1 is 1.38 bits per heavy atom. The van der Waals surface area contributed by atoms with Crippen molar-refractivity contribution in [2.24, 2.45) is 0 Å². The van der Waals surface area contributed by atoms with Gasteiger partial charge in [0.1, 0.15) is 12.4 Å². The normalized spacial score (nSPS) is 13.4. The van der Waals surface area contributed by atoms with Crippen LogP contribution in [0.25, 0.3) is 0 Å². The minimum atomic E-state index is -0.202. The van der Waals surface area contributed by atoms with Gasteiger partial charge < -0.3 is 20.1 Å². The highest BCUT2D eigenvalue weighted by Gasteiger charge is 2.21. The van der Waals surface area contributed by atoms with Crippen LogP contribution in [0, 0.1) is 6.92 Å². The van der Waals surface area contributed by atoms with Crippen LogP contribution in [0.15, 0.2) is 18.2 Å². The number of methoxy groups -OCH3 is 1. The number of carbonyl (C=O) groups excluding carboxylic acids is 1. The quantitative estimate of drug-likeness (QED) is 0.701. The van der Waals surface area contributed by atoms with Gasteiger partial charge in [-0.1, -0.05) is 0 Å². The van der Waals surface area contributed by atoms with Crippen molar-refractivity contribution >= 4 is 11.6 Å². The Hall–Kier alpha value is -2.38. The number of nitrogens with one attached hydrogen (secondary N) is 3. The molecule has 1 amide bonds. The molecule has 0 fully saturated rings. The van der Waals surface area contributed by atoms with E-state index >= 15 is 0 Å². The van der Waals surface area contributed by atoms with Gasteiger partial charge in [0, 0.05) is 43.6 Å². The predicted octanol–water partition coefficient (Wildman–Crippen LogP) is 1.64. The van der Waals surface area contributed by atoms with Gasteiger partial charge in [-0.2, -0.15) is 5.10 Å². The number of hydrogen-bond donors (Lipinski definition) is 3. The molecule has 0 saturated carbocycles. The van der Waals surface area contributed by atoms with Crippen LogP contribution < -0.4 is 15.4 Å². The molecular formula is C17H22N4O3. The van der Waals surface area contributed by atoms with Gasteiger partial charge in [0.2, 0.25) is 0 Å². The molecule has 1 aliphatic heterocycles. The average molecular weight is 330 g/mol. The number of H-pyrrole nitrogens is 1. The highest BCUT2D eigenvalue weighted by atomic mass is 16.5. The first-order valence-electron chi connectivity index (χ1n) is 7.99. The number of hydrogen-bond acceptors (Lipinski definition) is 5. The Kier molecular flexibility index (Phi) is 5.12. The van der Waals surface area contributed by atoms with Crippen molar-refractivity contribution in [1.82, 2.24) is 15.5 Å². The van der Waals surface area contributed by atoms with Crippen LogP contribution in [-0.4, -0.2) is 43.0 Å². The third-order valence-electron chi connectivity index (χ3n) is 4.02. The zero-order chi connectivity index (χ0) is 16.9. The van der Waals surface area contributed by atoms with E-state index in [1.165, 1.54) is 0 Å². The molecule has 2 aromatic rings. The minimum absolute atomic E-state index is 0.202. The van der Waals surface area contributed by atoms with Crippen molar-refractivity contribution < 1.29 is 14.3 Å². The summed E-state index contributed by atoms with van der Waals surface area (Å²) in [5.41, 5.74) is 4.13. The van der Waals surface area contributed by atoms with E-state index in [0.717, 1.165) is 41.2 Å². The number of ether oxygens (including phenoxy) is 2. The molecule has 0 aliphatic carbocycles.